The van der Waals surface area contributed by atoms with E-state index in [1.54, 1.807) is 12.4 Å². The molecule has 5 rings (SSSR count). The van der Waals surface area contributed by atoms with Crippen molar-refractivity contribution in [1.82, 2.24) is 19.4 Å². The summed E-state index contributed by atoms with van der Waals surface area (Å²) in [6, 6.07) is 6.39. The molecule has 0 spiro atoms. The number of halogens is 1. The number of hydrogen-bond acceptors (Lipinski definition) is 3. The molecule has 0 atom stereocenters. The van der Waals surface area contributed by atoms with Gasteiger partial charge < -0.3 is 10.3 Å². The molecule has 0 unspecified atom stereocenters. The number of nitrogens with zero attached hydrogens (tertiary/aromatic N) is 3. The summed E-state index contributed by atoms with van der Waals surface area (Å²) in [6.07, 6.45) is 13.9. The van der Waals surface area contributed by atoms with Gasteiger partial charge in [-0.3, -0.25) is 9.38 Å². The number of anilines is 1. The molecule has 0 aliphatic heterocycles. The van der Waals surface area contributed by atoms with E-state index in [2.05, 4.69) is 19.7 Å². The van der Waals surface area contributed by atoms with Crippen LogP contribution < -0.4 is 5.32 Å². The number of hydrogen-bond donors (Lipinski definition) is 2. The number of rotatable bonds is 3. The normalized spacial score (nSPS) is 15.7. The van der Waals surface area contributed by atoms with Gasteiger partial charge in [0, 0.05) is 46.1 Å². The van der Waals surface area contributed by atoms with Gasteiger partial charge in [-0.2, -0.15) is 0 Å². The van der Waals surface area contributed by atoms with E-state index >= 15 is 0 Å². The molecule has 0 amide bonds. The summed E-state index contributed by atoms with van der Waals surface area (Å²) in [4.78, 5) is 12.4. The first-order valence-corrected chi connectivity index (χ1v) is 9.53. The van der Waals surface area contributed by atoms with Crippen LogP contribution in [0, 0.1) is 0 Å². The summed E-state index contributed by atoms with van der Waals surface area (Å²) >= 11 is 6.24. The molecule has 26 heavy (non-hydrogen) atoms. The zero-order valence-electron chi connectivity index (χ0n) is 14.4. The first-order chi connectivity index (χ1) is 12.8. The van der Waals surface area contributed by atoms with Gasteiger partial charge in [-0.1, -0.05) is 30.9 Å². The van der Waals surface area contributed by atoms with Gasteiger partial charge in [0.25, 0.3) is 0 Å². The maximum atomic E-state index is 6.24. The average Bonchev–Trinajstić information content (AvgIpc) is 3.24. The molecule has 0 saturated heterocycles. The Morgan fingerprint density at radius 3 is 2.96 bits per heavy atom. The fraction of sp³-hybridized carbons (Fsp3) is 0.300. The predicted molar refractivity (Wildman–Crippen MR) is 106 cm³/mol. The number of benzene rings is 1. The Bertz CT molecular complexity index is 1070. The van der Waals surface area contributed by atoms with Gasteiger partial charge >= 0.3 is 0 Å². The highest BCUT2D eigenvalue weighted by molar-refractivity contribution is 6.31. The lowest BCUT2D eigenvalue weighted by Crippen LogP contribution is -2.23. The molecule has 1 saturated carbocycles. The van der Waals surface area contributed by atoms with E-state index in [0.717, 1.165) is 38.6 Å². The van der Waals surface area contributed by atoms with Crippen molar-refractivity contribution in [2.24, 2.45) is 0 Å². The fourth-order valence-electron chi connectivity index (χ4n) is 3.96. The number of nitrogens with one attached hydrogen (secondary N) is 2. The third kappa shape index (κ3) is 2.63. The van der Waals surface area contributed by atoms with Gasteiger partial charge in [0.2, 0.25) is 0 Å². The van der Waals surface area contributed by atoms with Crippen LogP contribution in [0.4, 0.5) is 5.82 Å². The molecule has 1 aliphatic carbocycles. The van der Waals surface area contributed by atoms with Crippen molar-refractivity contribution in [2.75, 3.05) is 5.32 Å². The van der Waals surface area contributed by atoms with E-state index in [-0.39, 0.29) is 0 Å². The van der Waals surface area contributed by atoms with E-state index in [4.69, 9.17) is 16.6 Å². The minimum absolute atomic E-state index is 0.490. The van der Waals surface area contributed by atoms with Crippen LogP contribution in [-0.2, 0) is 0 Å². The Balaban J connectivity index is 1.68. The number of aromatic amines is 1. The third-order valence-electron chi connectivity index (χ3n) is 5.28. The van der Waals surface area contributed by atoms with E-state index in [0.29, 0.717) is 6.04 Å². The highest BCUT2D eigenvalue weighted by Crippen LogP contribution is 2.36. The van der Waals surface area contributed by atoms with E-state index in [1.165, 1.54) is 32.1 Å². The van der Waals surface area contributed by atoms with E-state index in [9.17, 15) is 0 Å². The van der Waals surface area contributed by atoms with E-state index < -0.39 is 0 Å². The van der Waals surface area contributed by atoms with E-state index in [1.807, 2.05) is 30.6 Å². The molecule has 1 aliphatic rings. The summed E-state index contributed by atoms with van der Waals surface area (Å²) in [5.74, 6) is 1.04. The quantitative estimate of drug-likeness (QED) is 0.519. The second kappa shape index (κ2) is 6.32. The Labute approximate surface area is 156 Å². The van der Waals surface area contributed by atoms with Gasteiger partial charge in [0.15, 0.2) is 5.65 Å². The topological polar surface area (TPSA) is 58.0 Å². The van der Waals surface area contributed by atoms with Crippen molar-refractivity contribution in [3.05, 3.63) is 48.0 Å². The summed E-state index contributed by atoms with van der Waals surface area (Å²) in [5, 5.41) is 5.58. The second-order valence-corrected chi connectivity index (χ2v) is 7.42. The molecule has 3 aromatic heterocycles. The van der Waals surface area contributed by atoms with Crippen molar-refractivity contribution >= 4 is 34.0 Å². The third-order valence-corrected chi connectivity index (χ3v) is 5.51. The first kappa shape index (κ1) is 15.7. The molecule has 6 heteroatoms. The molecular weight excluding hydrogens is 346 g/mol. The lowest BCUT2D eigenvalue weighted by Gasteiger charge is -2.24. The highest BCUT2D eigenvalue weighted by atomic mass is 35.5. The summed E-state index contributed by atoms with van der Waals surface area (Å²) in [7, 11) is 0. The Kier molecular flexibility index (Phi) is 3.82. The summed E-state index contributed by atoms with van der Waals surface area (Å²) in [6.45, 7) is 0. The predicted octanol–water partition coefficient (Wildman–Crippen LogP) is 5.28. The fourth-order valence-corrected chi connectivity index (χ4v) is 4.13. The van der Waals surface area contributed by atoms with Crippen LogP contribution in [-0.4, -0.2) is 25.4 Å². The molecule has 2 N–H and O–H groups in total. The SMILES string of the molecule is Clc1ccc2[nH]cc(-c3nc4cnccn4c3NC3CCCCC3)c2c1. The minimum atomic E-state index is 0.490. The van der Waals surface area contributed by atoms with Crippen molar-refractivity contribution in [2.45, 2.75) is 38.1 Å². The van der Waals surface area contributed by atoms with Crippen molar-refractivity contribution in [1.29, 1.82) is 0 Å². The number of H-pyrrole nitrogens is 1. The van der Waals surface area contributed by atoms with Crippen LogP contribution in [0.5, 0.6) is 0 Å². The van der Waals surface area contributed by atoms with Crippen LogP contribution in [0.25, 0.3) is 27.8 Å². The molecule has 0 radical (unpaired) electrons. The Hall–Kier alpha value is -2.53. The number of fused-ring (bicyclic) bond motifs is 2. The van der Waals surface area contributed by atoms with Crippen LogP contribution in [0.3, 0.4) is 0 Å². The largest absolute Gasteiger partial charge is 0.367 e. The van der Waals surface area contributed by atoms with Crippen molar-refractivity contribution < 1.29 is 0 Å². The number of imidazole rings is 1. The second-order valence-electron chi connectivity index (χ2n) is 6.99. The Morgan fingerprint density at radius 2 is 2.08 bits per heavy atom. The zero-order valence-corrected chi connectivity index (χ0v) is 15.1. The molecule has 1 aromatic carbocycles. The molecule has 132 valence electrons. The van der Waals surface area contributed by atoms with Gasteiger partial charge in [0.05, 0.1) is 6.20 Å². The van der Waals surface area contributed by atoms with Gasteiger partial charge in [-0.15, -0.1) is 0 Å². The lowest BCUT2D eigenvalue weighted by atomic mass is 9.95. The number of aromatic nitrogens is 4. The summed E-state index contributed by atoms with van der Waals surface area (Å²) in [5.41, 5.74) is 3.90. The molecule has 4 aromatic rings. The monoisotopic (exact) mass is 365 g/mol. The molecular formula is C20H20ClN5. The molecule has 1 fully saturated rings. The van der Waals surface area contributed by atoms with Gasteiger partial charge in [-0.05, 0) is 31.0 Å². The van der Waals surface area contributed by atoms with Crippen LogP contribution in [0.1, 0.15) is 32.1 Å². The Morgan fingerprint density at radius 1 is 1.19 bits per heavy atom. The highest BCUT2D eigenvalue weighted by Gasteiger charge is 2.21. The zero-order chi connectivity index (χ0) is 17.5. The standard InChI is InChI=1S/C20H20ClN5/c21-13-6-7-17-15(10-13)16(11-23-17)19-20(24-14-4-2-1-3-5-14)26-9-8-22-12-18(26)25-19/h6-12,14,23-24H,1-5H2. The van der Waals surface area contributed by atoms with Crippen molar-refractivity contribution in [3.8, 4) is 11.3 Å². The average molecular weight is 366 g/mol. The molecule has 0 bridgehead atoms. The van der Waals surface area contributed by atoms with Crippen LogP contribution in [0.15, 0.2) is 43.0 Å². The molecule has 5 nitrogen and oxygen atoms in total. The smallest absolute Gasteiger partial charge is 0.157 e. The maximum Gasteiger partial charge on any atom is 0.157 e. The minimum Gasteiger partial charge on any atom is -0.367 e. The van der Waals surface area contributed by atoms with Crippen molar-refractivity contribution in [3.63, 3.8) is 0 Å². The molecule has 3 heterocycles. The lowest BCUT2D eigenvalue weighted by molar-refractivity contribution is 0.462. The summed E-state index contributed by atoms with van der Waals surface area (Å²) < 4.78 is 2.10. The van der Waals surface area contributed by atoms with Gasteiger partial charge in [0.1, 0.15) is 11.5 Å². The van der Waals surface area contributed by atoms with Crippen LogP contribution >= 0.6 is 11.6 Å². The van der Waals surface area contributed by atoms with Crippen LogP contribution in [0.2, 0.25) is 5.02 Å². The van der Waals surface area contributed by atoms with Gasteiger partial charge in [-0.25, -0.2) is 4.98 Å². The first-order valence-electron chi connectivity index (χ1n) is 9.15. The maximum absolute atomic E-state index is 6.24.